The molecule has 0 saturated heterocycles. The molecule has 7 nitrogen and oxygen atoms in total. The number of anilines is 2. The second kappa shape index (κ2) is 7.12. The van der Waals surface area contributed by atoms with E-state index in [4.69, 9.17) is 4.52 Å². The quantitative estimate of drug-likeness (QED) is 0.708. The van der Waals surface area contributed by atoms with E-state index in [1.807, 2.05) is 0 Å². The fourth-order valence-corrected chi connectivity index (χ4v) is 2.81. The smallest absolute Gasteiger partial charge is 0.339 e. The van der Waals surface area contributed by atoms with Crippen LogP contribution in [0.5, 0.6) is 0 Å². The van der Waals surface area contributed by atoms with Crippen LogP contribution in [-0.4, -0.2) is 21.2 Å². The molecule has 136 valence electrons. The molecule has 26 heavy (non-hydrogen) atoms. The number of carbonyl (C=O) groups excluding carboxylic acids is 1. The average Bonchev–Trinajstić information content (AvgIpc) is 3.16. The number of nitrogens with zero attached hydrogens (tertiary/aromatic N) is 3. The van der Waals surface area contributed by atoms with Crippen molar-refractivity contribution in [3.8, 4) is 0 Å². The summed E-state index contributed by atoms with van der Waals surface area (Å²) in [4.78, 5) is 20.2. The van der Waals surface area contributed by atoms with Gasteiger partial charge < -0.3 is 9.84 Å². The molecule has 0 aliphatic heterocycles. The van der Waals surface area contributed by atoms with E-state index in [9.17, 15) is 18.0 Å². The zero-order chi connectivity index (χ0) is 18.7. The normalized spacial score (nSPS) is 11.4. The molecule has 3 rings (SSSR count). The third kappa shape index (κ3) is 4.36. The zero-order valence-electron chi connectivity index (χ0n) is 13.3. The van der Waals surface area contributed by atoms with E-state index >= 15 is 0 Å². The first-order chi connectivity index (χ1) is 12.3. The number of amides is 2. The van der Waals surface area contributed by atoms with Crippen LogP contribution in [0.2, 0.25) is 0 Å². The molecule has 0 spiro atoms. The molecule has 1 aromatic carbocycles. The lowest BCUT2D eigenvalue weighted by atomic mass is 10.1. The lowest BCUT2D eigenvalue weighted by Gasteiger charge is -2.13. The van der Waals surface area contributed by atoms with Gasteiger partial charge in [-0.15, -0.1) is 11.3 Å². The number of aromatic nitrogens is 3. The second-order valence-electron chi connectivity index (χ2n) is 5.18. The highest BCUT2D eigenvalue weighted by molar-refractivity contribution is 7.13. The highest BCUT2D eigenvalue weighted by Gasteiger charge is 2.33. The topological polar surface area (TPSA) is 92.9 Å². The maximum Gasteiger partial charge on any atom is 0.418 e. The Kier molecular flexibility index (Phi) is 4.89. The fraction of sp³-hybridized carbons (Fsp3) is 0.200. The van der Waals surface area contributed by atoms with Crippen LogP contribution in [0.15, 0.2) is 34.2 Å². The maximum absolute atomic E-state index is 12.9. The van der Waals surface area contributed by atoms with Crippen LogP contribution >= 0.6 is 11.3 Å². The molecule has 2 heterocycles. The van der Waals surface area contributed by atoms with Crippen LogP contribution in [-0.2, 0) is 12.6 Å². The monoisotopic (exact) mass is 383 g/mol. The number of alkyl halides is 3. The van der Waals surface area contributed by atoms with Gasteiger partial charge in [-0.1, -0.05) is 17.3 Å². The Hall–Kier alpha value is -2.95. The molecule has 3 aromatic rings. The van der Waals surface area contributed by atoms with Crippen molar-refractivity contribution in [2.45, 2.75) is 19.5 Å². The number of aryl methyl sites for hydroxylation is 1. The third-order valence-corrected chi connectivity index (χ3v) is 3.96. The van der Waals surface area contributed by atoms with Crippen LogP contribution in [0.4, 0.5) is 28.8 Å². The van der Waals surface area contributed by atoms with Crippen molar-refractivity contribution in [2.24, 2.45) is 0 Å². The van der Waals surface area contributed by atoms with Gasteiger partial charge in [0.2, 0.25) is 5.89 Å². The summed E-state index contributed by atoms with van der Waals surface area (Å²) in [5.74, 6) is 0.874. The highest BCUT2D eigenvalue weighted by atomic mass is 32.1. The number of nitrogens with one attached hydrogen (secondary N) is 2. The molecule has 0 saturated carbocycles. The molecule has 2 N–H and O–H groups in total. The minimum Gasteiger partial charge on any atom is -0.339 e. The van der Waals surface area contributed by atoms with Crippen molar-refractivity contribution in [1.82, 2.24) is 15.1 Å². The van der Waals surface area contributed by atoms with Crippen LogP contribution in [0.25, 0.3) is 0 Å². The summed E-state index contributed by atoms with van der Waals surface area (Å²) in [7, 11) is 0. The Morgan fingerprint density at radius 1 is 1.23 bits per heavy atom. The predicted octanol–water partition coefficient (Wildman–Crippen LogP) is 4.09. The molecule has 0 aliphatic carbocycles. The number of para-hydroxylation sites is 1. The predicted molar refractivity (Wildman–Crippen MR) is 88.0 cm³/mol. The van der Waals surface area contributed by atoms with E-state index in [2.05, 4.69) is 25.8 Å². The lowest BCUT2D eigenvalue weighted by Crippen LogP contribution is -2.21. The third-order valence-electron chi connectivity index (χ3n) is 3.15. The number of carbonyl (C=O) groups is 1. The van der Waals surface area contributed by atoms with Crippen molar-refractivity contribution in [1.29, 1.82) is 0 Å². The summed E-state index contributed by atoms with van der Waals surface area (Å²) >= 11 is 1.13. The maximum atomic E-state index is 12.9. The number of hydrogen-bond donors (Lipinski definition) is 2. The standard InChI is InChI=1S/C15H12F3N5O2S/c1-8-19-12(25-23-8)6-9-7-26-14(20-9)22-13(24)21-11-5-3-2-4-10(11)15(16,17)18/h2-5,7H,6H2,1H3,(H2,20,21,22,24). The van der Waals surface area contributed by atoms with Crippen molar-refractivity contribution >= 4 is 28.2 Å². The van der Waals surface area contributed by atoms with Gasteiger partial charge >= 0.3 is 12.2 Å². The zero-order valence-corrected chi connectivity index (χ0v) is 14.1. The van der Waals surface area contributed by atoms with Crippen LogP contribution in [0.1, 0.15) is 23.0 Å². The number of hydrogen-bond acceptors (Lipinski definition) is 6. The summed E-state index contributed by atoms with van der Waals surface area (Å²) in [6.45, 7) is 1.68. The Balaban J connectivity index is 1.64. The van der Waals surface area contributed by atoms with Crippen LogP contribution < -0.4 is 10.6 Å². The van der Waals surface area contributed by atoms with Crippen molar-refractivity contribution in [3.63, 3.8) is 0 Å². The summed E-state index contributed by atoms with van der Waals surface area (Å²) < 4.78 is 43.8. The number of urea groups is 1. The Morgan fingerprint density at radius 2 is 2.00 bits per heavy atom. The van der Waals surface area contributed by atoms with Crippen molar-refractivity contribution < 1.29 is 22.5 Å². The first kappa shape index (κ1) is 17.9. The molecule has 2 aromatic heterocycles. The molecule has 0 aliphatic rings. The molecule has 0 radical (unpaired) electrons. The van der Waals surface area contributed by atoms with Gasteiger partial charge in [0.15, 0.2) is 11.0 Å². The largest absolute Gasteiger partial charge is 0.418 e. The molecule has 0 atom stereocenters. The minimum atomic E-state index is -4.57. The van der Waals surface area contributed by atoms with Gasteiger partial charge in [0.25, 0.3) is 0 Å². The number of benzene rings is 1. The summed E-state index contributed by atoms with van der Waals surface area (Å²) in [5.41, 5.74) is -0.679. The molecular weight excluding hydrogens is 371 g/mol. The van der Waals surface area contributed by atoms with Gasteiger partial charge in [0.05, 0.1) is 23.4 Å². The molecule has 2 amide bonds. The van der Waals surface area contributed by atoms with E-state index in [1.165, 1.54) is 18.2 Å². The van der Waals surface area contributed by atoms with E-state index in [-0.39, 0.29) is 17.2 Å². The number of rotatable bonds is 4. The van der Waals surface area contributed by atoms with Gasteiger partial charge in [-0.25, -0.2) is 9.78 Å². The Bertz CT molecular complexity index is 922. The summed E-state index contributed by atoms with van der Waals surface area (Å²) in [6, 6.07) is 3.89. The van der Waals surface area contributed by atoms with E-state index in [0.717, 1.165) is 17.4 Å². The van der Waals surface area contributed by atoms with E-state index in [0.29, 0.717) is 17.4 Å². The Morgan fingerprint density at radius 3 is 2.69 bits per heavy atom. The average molecular weight is 383 g/mol. The fourth-order valence-electron chi connectivity index (χ4n) is 2.10. The first-order valence-corrected chi connectivity index (χ1v) is 8.17. The van der Waals surface area contributed by atoms with Gasteiger partial charge in [-0.05, 0) is 19.1 Å². The van der Waals surface area contributed by atoms with Gasteiger partial charge in [-0.3, -0.25) is 5.32 Å². The SMILES string of the molecule is Cc1noc(Cc2csc(NC(=O)Nc3ccccc3C(F)(F)F)n2)n1. The Labute approximate surface area is 149 Å². The van der Waals surface area contributed by atoms with Gasteiger partial charge in [0, 0.05) is 5.38 Å². The first-order valence-electron chi connectivity index (χ1n) is 7.29. The van der Waals surface area contributed by atoms with Crippen molar-refractivity contribution in [2.75, 3.05) is 10.6 Å². The summed E-state index contributed by atoms with van der Waals surface area (Å²) in [5, 5.41) is 10.2. The highest BCUT2D eigenvalue weighted by Crippen LogP contribution is 2.34. The summed E-state index contributed by atoms with van der Waals surface area (Å²) in [6.07, 6.45) is -4.28. The lowest BCUT2D eigenvalue weighted by molar-refractivity contribution is -0.136. The van der Waals surface area contributed by atoms with Gasteiger partial charge in [-0.2, -0.15) is 18.2 Å². The molecular formula is C15H12F3N5O2S. The van der Waals surface area contributed by atoms with Crippen molar-refractivity contribution in [3.05, 3.63) is 52.6 Å². The molecule has 11 heteroatoms. The minimum absolute atomic E-state index is 0.234. The van der Waals surface area contributed by atoms with Crippen LogP contribution in [0, 0.1) is 6.92 Å². The van der Waals surface area contributed by atoms with E-state index in [1.54, 1.807) is 12.3 Å². The number of thiazole rings is 1. The second-order valence-corrected chi connectivity index (χ2v) is 6.04. The van der Waals surface area contributed by atoms with Crippen LogP contribution in [0.3, 0.4) is 0 Å². The number of halogens is 3. The van der Waals surface area contributed by atoms with E-state index < -0.39 is 17.8 Å². The van der Waals surface area contributed by atoms with Gasteiger partial charge in [0.1, 0.15) is 0 Å². The molecule has 0 fully saturated rings. The molecule has 0 bridgehead atoms. The molecule has 0 unspecified atom stereocenters.